The number of aromatic nitrogens is 2. The second-order valence-corrected chi connectivity index (χ2v) is 9.38. The lowest BCUT2D eigenvalue weighted by molar-refractivity contribution is -0.118. The van der Waals surface area contributed by atoms with Gasteiger partial charge in [-0.05, 0) is 42.9 Å². The summed E-state index contributed by atoms with van der Waals surface area (Å²) >= 11 is 0. The maximum absolute atomic E-state index is 13.6. The summed E-state index contributed by atoms with van der Waals surface area (Å²) in [5, 5.41) is 6.84. The summed E-state index contributed by atoms with van der Waals surface area (Å²) in [5.41, 5.74) is 0.596. The fraction of sp³-hybridized carbons (Fsp3) is 0.474. The SMILES string of the molecule is Cn1ccc(NC(=O)C(CC2C[C@@H](F)[C@@H](F)C2)c2ccc(S(C)(=O)=O)cc2)n1. The minimum absolute atomic E-state index is 0.0793. The Labute approximate surface area is 162 Å². The summed E-state index contributed by atoms with van der Waals surface area (Å²) in [6, 6.07) is 7.68. The average molecular weight is 411 g/mol. The molecule has 1 N–H and O–H groups in total. The molecule has 0 saturated heterocycles. The van der Waals surface area contributed by atoms with E-state index in [-0.39, 0.29) is 36.0 Å². The number of carbonyl (C=O) groups is 1. The number of hydrogen-bond acceptors (Lipinski definition) is 4. The molecule has 1 heterocycles. The lowest BCUT2D eigenvalue weighted by Crippen LogP contribution is -2.23. The molecule has 2 aromatic rings. The maximum atomic E-state index is 13.6. The highest BCUT2D eigenvalue weighted by Gasteiger charge is 2.37. The Bertz CT molecular complexity index is 934. The Morgan fingerprint density at radius 1 is 1.21 bits per heavy atom. The number of amides is 1. The Morgan fingerprint density at radius 2 is 1.82 bits per heavy atom. The first kappa shape index (κ1) is 20.4. The van der Waals surface area contributed by atoms with Gasteiger partial charge in [0.25, 0.3) is 0 Å². The minimum Gasteiger partial charge on any atom is -0.309 e. The molecular weight excluding hydrogens is 388 g/mol. The standard InChI is InChI=1S/C19H23F2N3O3S/c1-24-8-7-18(23-24)22-19(25)15(9-12-10-16(20)17(21)11-12)13-3-5-14(6-4-13)28(2,26)27/h3-8,12,15-17H,9-11H2,1-2H3,(H,22,23,25)/t12?,15?,16-,17+. The quantitative estimate of drug-likeness (QED) is 0.792. The van der Waals surface area contributed by atoms with Crippen LogP contribution in [0.1, 0.15) is 30.7 Å². The predicted octanol–water partition coefficient (Wildman–Crippen LogP) is 3.02. The van der Waals surface area contributed by atoms with Gasteiger partial charge < -0.3 is 5.32 Å². The molecule has 0 spiro atoms. The predicted molar refractivity (Wildman–Crippen MR) is 101 cm³/mol. The summed E-state index contributed by atoms with van der Waals surface area (Å²) in [4.78, 5) is 13.0. The molecule has 1 aromatic heterocycles. The second-order valence-electron chi connectivity index (χ2n) is 7.36. The minimum atomic E-state index is -3.36. The number of aryl methyl sites for hydroxylation is 1. The fourth-order valence-electron chi connectivity index (χ4n) is 3.59. The molecule has 1 fully saturated rings. The van der Waals surface area contributed by atoms with E-state index in [0.29, 0.717) is 11.4 Å². The number of rotatable bonds is 6. The molecule has 1 saturated carbocycles. The molecule has 1 aromatic carbocycles. The van der Waals surface area contributed by atoms with Gasteiger partial charge in [0, 0.05) is 25.6 Å². The van der Waals surface area contributed by atoms with Crippen LogP contribution in [0.3, 0.4) is 0 Å². The molecule has 28 heavy (non-hydrogen) atoms. The van der Waals surface area contributed by atoms with E-state index in [9.17, 15) is 22.0 Å². The summed E-state index contributed by atoms with van der Waals surface area (Å²) in [6.45, 7) is 0. The van der Waals surface area contributed by atoms with Crippen LogP contribution in [0, 0.1) is 5.92 Å². The molecular formula is C19H23F2N3O3S. The number of benzene rings is 1. The molecule has 152 valence electrons. The molecule has 4 atom stereocenters. The highest BCUT2D eigenvalue weighted by Crippen LogP contribution is 2.38. The highest BCUT2D eigenvalue weighted by atomic mass is 32.2. The van der Waals surface area contributed by atoms with Crippen molar-refractivity contribution < 1.29 is 22.0 Å². The smallest absolute Gasteiger partial charge is 0.233 e. The Morgan fingerprint density at radius 3 is 2.32 bits per heavy atom. The zero-order valence-electron chi connectivity index (χ0n) is 15.7. The van der Waals surface area contributed by atoms with Crippen LogP contribution < -0.4 is 5.32 Å². The third-order valence-electron chi connectivity index (χ3n) is 5.07. The Balaban J connectivity index is 1.84. The maximum Gasteiger partial charge on any atom is 0.233 e. The van der Waals surface area contributed by atoms with Crippen molar-refractivity contribution in [1.29, 1.82) is 0 Å². The number of halogens is 2. The van der Waals surface area contributed by atoms with Gasteiger partial charge in [0.05, 0.1) is 10.8 Å². The molecule has 1 aliphatic carbocycles. The van der Waals surface area contributed by atoms with Crippen LogP contribution in [0.2, 0.25) is 0 Å². The Hall–Kier alpha value is -2.29. The van der Waals surface area contributed by atoms with Crippen molar-refractivity contribution in [2.45, 2.75) is 42.4 Å². The topological polar surface area (TPSA) is 81.1 Å². The summed E-state index contributed by atoms with van der Waals surface area (Å²) in [5.74, 6) is -0.899. The van der Waals surface area contributed by atoms with E-state index < -0.39 is 28.1 Å². The van der Waals surface area contributed by atoms with Gasteiger partial charge in [-0.3, -0.25) is 9.48 Å². The van der Waals surface area contributed by atoms with Crippen LogP contribution in [0.5, 0.6) is 0 Å². The lowest BCUT2D eigenvalue weighted by atomic mass is 9.87. The summed E-state index contributed by atoms with van der Waals surface area (Å²) < 4.78 is 52.1. The number of alkyl halides is 2. The molecule has 0 bridgehead atoms. The first-order valence-electron chi connectivity index (χ1n) is 9.02. The molecule has 1 amide bonds. The molecule has 0 aliphatic heterocycles. The highest BCUT2D eigenvalue weighted by molar-refractivity contribution is 7.90. The zero-order valence-corrected chi connectivity index (χ0v) is 16.5. The normalized spacial score (nSPS) is 23.5. The first-order chi connectivity index (χ1) is 13.1. The van der Waals surface area contributed by atoms with E-state index in [1.807, 2.05) is 0 Å². The van der Waals surface area contributed by atoms with Gasteiger partial charge in [-0.1, -0.05) is 12.1 Å². The summed E-state index contributed by atoms with van der Waals surface area (Å²) in [6.07, 6.45) is 0.219. The van der Waals surface area contributed by atoms with Crippen LogP contribution in [-0.4, -0.2) is 42.7 Å². The number of nitrogens with one attached hydrogen (secondary N) is 1. The van der Waals surface area contributed by atoms with Gasteiger partial charge in [-0.15, -0.1) is 0 Å². The fourth-order valence-corrected chi connectivity index (χ4v) is 4.22. The van der Waals surface area contributed by atoms with Crippen LogP contribution in [0.4, 0.5) is 14.6 Å². The van der Waals surface area contributed by atoms with Crippen molar-refractivity contribution in [2.24, 2.45) is 13.0 Å². The van der Waals surface area contributed by atoms with Crippen molar-refractivity contribution in [3.05, 3.63) is 42.1 Å². The van der Waals surface area contributed by atoms with Crippen LogP contribution in [-0.2, 0) is 21.7 Å². The van der Waals surface area contributed by atoms with Gasteiger partial charge in [0.2, 0.25) is 5.91 Å². The molecule has 3 rings (SSSR count). The molecule has 2 unspecified atom stereocenters. The average Bonchev–Trinajstić information content (AvgIpc) is 3.17. The van der Waals surface area contributed by atoms with E-state index in [1.54, 1.807) is 36.1 Å². The number of hydrogen-bond donors (Lipinski definition) is 1. The van der Waals surface area contributed by atoms with E-state index >= 15 is 0 Å². The number of nitrogens with zero attached hydrogens (tertiary/aromatic N) is 2. The number of anilines is 1. The lowest BCUT2D eigenvalue weighted by Gasteiger charge is -2.20. The van der Waals surface area contributed by atoms with Gasteiger partial charge in [-0.25, -0.2) is 17.2 Å². The largest absolute Gasteiger partial charge is 0.309 e. The second kappa shape index (κ2) is 7.98. The van der Waals surface area contributed by atoms with Crippen molar-refractivity contribution in [1.82, 2.24) is 9.78 Å². The van der Waals surface area contributed by atoms with Gasteiger partial charge in [0.1, 0.15) is 12.3 Å². The van der Waals surface area contributed by atoms with E-state index in [1.165, 1.54) is 12.1 Å². The first-order valence-corrected chi connectivity index (χ1v) is 10.9. The zero-order chi connectivity index (χ0) is 20.5. The molecule has 6 nitrogen and oxygen atoms in total. The van der Waals surface area contributed by atoms with Gasteiger partial charge in [-0.2, -0.15) is 5.10 Å². The van der Waals surface area contributed by atoms with Crippen LogP contribution >= 0.6 is 0 Å². The molecule has 0 radical (unpaired) electrons. The van der Waals surface area contributed by atoms with Crippen LogP contribution in [0.25, 0.3) is 0 Å². The third-order valence-corrected chi connectivity index (χ3v) is 6.20. The number of sulfone groups is 1. The van der Waals surface area contributed by atoms with Crippen molar-refractivity contribution in [3.63, 3.8) is 0 Å². The Kier molecular flexibility index (Phi) is 5.83. The third kappa shape index (κ3) is 4.76. The van der Waals surface area contributed by atoms with Gasteiger partial charge in [0.15, 0.2) is 15.7 Å². The van der Waals surface area contributed by atoms with E-state index in [2.05, 4.69) is 10.4 Å². The van der Waals surface area contributed by atoms with E-state index in [0.717, 1.165) is 6.26 Å². The monoisotopic (exact) mass is 411 g/mol. The van der Waals surface area contributed by atoms with Crippen molar-refractivity contribution in [3.8, 4) is 0 Å². The summed E-state index contributed by atoms with van der Waals surface area (Å²) in [7, 11) is -1.64. The van der Waals surface area contributed by atoms with Crippen molar-refractivity contribution >= 4 is 21.6 Å². The van der Waals surface area contributed by atoms with Gasteiger partial charge >= 0.3 is 0 Å². The van der Waals surface area contributed by atoms with E-state index in [4.69, 9.17) is 0 Å². The van der Waals surface area contributed by atoms with Crippen LogP contribution in [0.15, 0.2) is 41.4 Å². The molecule has 1 aliphatic rings. The number of carbonyl (C=O) groups excluding carboxylic acids is 1. The van der Waals surface area contributed by atoms with Crippen molar-refractivity contribution in [2.75, 3.05) is 11.6 Å². The molecule has 9 heteroatoms.